The van der Waals surface area contributed by atoms with E-state index in [4.69, 9.17) is 4.74 Å². The first kappa shape index (κ1) is 10.3. The molecule has 1 rings (SSSR count). The molecule has 0 radical (unpaired) electrons. The maximum absolute atomic E-state index is 11.1. The van der Waals surface area contributed by atoms with E-state index in [0.29, 0.717) is 6.42 Å². The monoisotopic (exact) mass is 184 g/mol. The minimum atomic E-state index is -0.867. The molecule has 1 atom stereocenters. The van der Waals surface area contributed by atoms with Gasteiger partial charge < -0.3 is 9.84 Å². The number of aliphatic hydroxyl groups is 1. The Hall–Kier alpha value is -0.830. The Morgan fingerprint density at radius 3 is 3.00 bits per heavy atom. The van der Waals surface area contributed by atoms with Crippen LogP contribution >= 0.6 is 0 Å². The number of cyclic esters (lactones) is 1. The minimum absolute atomic E-state index is 0.0929. The standard InChI is InChI=1S/C10H16O3/c1-8-4-3-5-10(2,12)7-13-9(11)6-8/h6,12H,3-5,7H2,1-2H3/b8-6-. The van der Waals surface area contributed by atoms with Gasteiger partial charge in [-0.15, -0.1) is 0 Å². The Morgan fingerprint density at radius 1 is 1.62 bits per heavy atom. The minimum Gasteiger partial charge on any atom is -0.459 e. The van der Waals surface area contributed by atoms with Crippen molar-refractivity contribution in [2.24, 2.45) is 0 Å². The van der Waals surface area contributed by atoms with Crippen molar-refractivity contribution in [1.29, 1.82) is 0 Å². The van der Waals surface area contributed by atoms with Crippen molar-refractivity contribution in [3.63, 3.8) is 0 Å². The lowest BCUT2D eigenvalue weighted by Gasteiger charge is -2.21. The maximum Gasteiger partial charge on any atom is 0.330 e. The van der Waals surface area contributed by atoms with E-state index in [9.17, 15) is 9.90 Å². The Bertz CT molecular complexity index is 228. The molecule has 1 heterocycles. The van der Waals surface area contributed by atoms with Gasteiger partial charge >= 0.3 is 5.97 Å². The molecule has 1 N–H and O–H groups in total. The average Bonchev–Trinajstić information content (AvgIpc) is 2.04. The van der Waals surface area contributed by atoms with Crippen molar-refractivity contribution < 1.29 is 14.6 Å². The lowest BCUT2D eigenvalue weighted by molar-refractivity contribution is -0.144. The topological polar surface area (TPSA) is 46.5 Å². The third-order valence-corrected chi connectivity index (χ3v) is 2.18. The van der Waals surface area contributed by atoms with Crippen LogP contribution < -0.4 is 0 Å². The Kier molecular flexibility index (Phi) is 3.09. The highest BCUT2D eigenvalue weighted by Gasteiger charge is 2.22. The smallest absolute Gasteiger partial charge is 0.330 e. The van der Waals surface area contributed by atoms with E-state index >= 15 is 0 Å². The van der Waals surface area contributed by atoms with Gasteiger partial charge in [-0.2, -0.15) is 0 Å². The van der Waals surface area contributed by atoms with Gasteiger partial charge in [0.05, 0.1) is 5.60 Å². The number of esters is 1. The summed E-state index contributed by atoms with van der Waals surface area (Å²) in [6.45, 7) is 3.69. The summed E-state index contributed by atoms with van der Waals surface area (Å²) in [5.74, 6) is -0.348. The fraction of sp³-hybridized carbons (Fsp3) is 0.700. The first-order valence-electron chi connectivity index (χ1n) is 4.56. The molecule has 0 aromatic rings. The van der Waals surface area contributed by atoms with Gasteiger partial charge in [0.15, 0.2) is 0 Å². The number of carbonyl (C=O) groups excluding carboxylic acids is 1. The highest BCUT2D eigenvalue weighted by molar-refractivity contribution is 5.82. The van der Waals surface area contributed by atoms with E-state index in [1.165, 1.54) is 6.08 Å². The third kappa shape index (κ3) is 3.59. The predicted molar refractivity (Wildman–Crippen MR) is 49.2 cm³/mol. The Morgan fingerprint density at radius 2 is 2.31 bits per heavy atom. The largest absolute Gasteiger partial charge is 0.459 e. The lowest BCUT2D eigenvalue weighted by atomic mass is 9.99. The van der Waals surface area contributed by atoms with Crippen LogP contribution in [0.2, 0.25) is 0 Å². The van der Waals surface area contributed by atoms with E-state index in [-0.39, 0.29) is 12.6 Å². The molecule has 0 amide bonds. The van der Waals surface area contributed by atoms with Crippen molar-refractivity contribution >= 4 is 5.97 Å². The van der Waals surface area contributed by atoms with Crippen LogP contribution in [0, 0.1) is 0 Å². The molecule has 3 nitrogen and oxygen atoms in total. The van der Waals surface area contributed by atoms with Gasteiger partial charge in [-0.1, -0.05) is 5.57 Å². The SMILES string of the molecule is C/C1=C/C(=O)OCC(C)(O)CCC1. The predicted octanol–water partition coefficient (Wildman–Crippen LogP) is 1.41. The summed E-state index contributed by atoms with van der Waals surface area (Å²) in [7, 11) is 0. The molecule has 0 saturated carbocycles. The summed E-state index contributed by atoms with van der Waals surface area (Å²) in [6, 6.07) is 0. The first-order chi connectivity index (χ1) is 5.99. The van der Waals surface area contributed by atoms with E-state index in [0.717, 1.165) is 18.4 Å². The van der Waals surface area contributed by atoms with Crippen LogP contribution in [0.25, 0.3) is 0 Å². The zero-order chi connectivity index (χ0) is 9.90. The van der Waals surface area contributed by atoms with Gasteiger partial charge in [0.25, 0.3) is 0 Å². The molecule has 1 aliphatic heterocycles. The molecule has 0 fully saturated rings. The van der Waals surface area contributed by atoms with E-state index < -0.39 is 5.60 Å². The van der Waals surface area contributed by atoms with Crippen molar-refractivity contribution in [3.8, 4) is 0 Å². The molecule has 0 aromatic carbocycles. The summed E-state index contributed by atoms with van der Waals surface area (Å²) in [5, 5.41) is 9.71. The van der Waals surface area contributed by atoms with Crippen LogP contribution in [0.1, 0.15) is 33.1 Å². The second kappa shape index (κ2) is 3.92. The molecular formula is C10H16O3. The quantitative estimate of drug-likeness (QED) is 0.579. The summed E-state index contributed by atoms with van der Waals surface area (Å²) >= 11 is 0. The number of rotatable bonds is 0. The van der Waals surface area contributed by atoms with Crippen molar-refractivity contribution in [1.82, 2.24) is 0 Å². The van der Waals surface area contributed by atoms with Gasteiger partial charge in [0, 0.05) is 6.08 Å². The van der Waals surface area contributed by atoms with Crippen LogP contribution in [0.4, 0.5) is 0 Å². The number of carbonyl (C=O) groups is 1. The van der Waals surface area contributed by atoms with Gasteiger partial charge in [-0.05, 0) is 33.1 Å². The normalized spacial score (nSPS) is 35.0. The highest BCUT2D eigenvalue weighted by atomic mass is 16.5. The number of ether oxygens (including phenoxy) is 1. The van der Waals surface area contributed by atoms with Gasteiger partial charge in [0.1, 0.15) is 6.61 Å². The van der Waals surface area contributed by atoms with Crippen molar-refractivity contribution in [2.45, 2.75) is 38.7 Å². The summed E-state index contributed by atoms with van der Waals surface area (Å²) < 4.78 is 4.88. The second-order valence-electron chi connectivity index (χ2n) is 3.95. The van der Waals surface area contributed by atoms with E-state index in [1.807, 2.05) is 6.92 Å². The molecule has 0 aliphatic carbocycles. The van der Waals surface area contributed by atoms with Gasteiger partial charge in [-0.25, -0.2) is 4.79 Å². The third-order valence-electron chi connectivity index (χ3n) is 2.18. The Balaban J connectivity index is 2.64. The summed E-state index contributed by atoms with van der Waals surface area (Å²) in [5.41, 5.74) is 0.149. The molecule has 0 bridgehead atoms. The fourth-order valence-corrected chi connectivity index (χ4v) is 1.36. The van der Waals surface area contributed by atoms with Crippen LogP contribution in [0.5, 0.6) is 0 Å². The zero-order valence-corrected chi connectivity index (χ0v) is 8.17. The van der Waals surface area contributed by atoms with Crippen LogP contribution in [0.3, 0.4) is 0 Å². The molecule has 1 aliphatic rings. The van der Waals surface area contributed by atoms with Gasteiger partial charge in [-0.3, -0.25) is 0 Å². The molecule has 1 unspecified atom stereocenters. The molecule has 0 aromatic heterocycles. The molecule has 0 saturated heterocycles. The highest BCUT2D eigenvalue weighted by Crippen LogP contribution is 2.18. The summed E-state index contributed by atoms with van der Waals surface area (Å²) in [6.07, 6.45) is 3.92. The molecule has 0 spiro atoms. The summed E-state index contributed by atoms with van der Waals surface area (Å²) in [4.78, 5) is 11.1. The molecular weight excluding hydrogens is 168 g/mol. The molecule has 3 heteroatoms. The van der Waals surface area contributed by atoms with Crippen molar-refractivity contribution in [2.75, 3.05) is 6.61 Å². The first-order valence-corrected chi connectivity index (χ1v) is 4.56. The number of hydrogen-bond donors (Lipinski definition) is 1. The van der Waals surface area contributed by atoms with Crippen LogP contribution in [0.15, 0.2) is 11.6 Å². The van der Waals surface area contributed by atoms with Gasteiger partial charge in [0.2, 0.25) is 0 Å². The second-order valence-corrected chi connectivity index (χ2v) is 3.95. The lowest BCUT2D eigenvalue weighted by Crippen LogP contribution is -2.31. The average molecular weight is 184 g/mol. The maximum atomic E-state index is 11.1. The molecule has 74 valence electrons. The van der Waals surface area contributed by atoms with Crippen molar-refractivity contribution in [3.05, 3.63) is 11.6 Å². The number of allylic oxidation sites excluding steroid dienone is 1. The van der Waals surface area contributed by atoms with Crippen LogP contribution in [-0.2, 0) is 9.53 Å². The van der Waals surface area contributed by atoms with E-state index in [2.05, 4.69) is 0 Å². The zero-order valence-electron chi connectivity index (χ0n) is 8.17. The Labute approximate surface area is 78.4 Å². The van der Waals surface area contributed by atoms with Crippen LogP contribution in [-0.4, -0.2) is 23.3 Å². The van der Waals surface area contributed by atoms with E-state index in [1.54, 1.807) is 6.92 Å². The number of hydrogen-bond acceptors (Lipinski definition) is 3. The molecule has 13 heavy (non-hydrogen) atoms. The fourth-order valence-electron chi connectivity index (χ4n) is 1.36.